The molecule has 144 valence electrons. The van der Waals surface area contributed by atoms with Crippen LogP contribution in [-0.2, 0) is 21.6 Å². The molecule has 0 spiro atoms. The topological polar surface area (TPSA) is 26.3 Å². The van der Waals surface area contributed by atoms with Gasteiger partial charge >= 0.3 is 5.97 Å². The molecule has 0 aliphatic heterocycles. The van der Waals surface area contributed by atoms with E-state index >= 15 is 0 Å². The predicted molar refractivity (Wildman–Crippen MR) is 109 cm³/mol. The fraction of sp³-hybridized carbons (Fsp3) is 0.458. The molecular weight excluding hydrogens is 334 g/mol. The van der Waals surface area contributed by atoms with Crippen molar-refractivity contribution in [1.82, 2.24) is 0 Å². The summed E-state index contributed by atoms with van der Waals surface area (Å²) in [6.07, 6.45) is 2.61. The van der Waals surface area contributed by atoms with Gasteiger partial charge < -0.3 is 9.22 Å². The van der Waals surface area contributed by atoms with Gasteiger partial charge in [-0.25, -0.2) is 0 Å². The van der Waals surface area contributed by atoms with Crippen LogP contribution in [-0.4, -0.2) is 38.1 Å². The Balaban J connectivity index is 2.05. The highest BCUT2D eigenvalue weighted by atomic mass is 16.6. The number of carbonyl (C=O) groups excluding carboxylic acids is 1. The molecule has 2 aromatic carbocycles. The third-order valence-electron chi connectivity index (χ3n) is 5.38. The first-order chi connectivity index (χ1) is 12.8. The van der Waals surface area contributed by atoms with Gasteiger partial charge in [0.05, 0.1) is 33.6 Å². The van der Waals surface area contributed by atoms with Crippen molar-refractivity contribution in [2.24, 2.45) is 11.8 Å². The first-order valence-electron chi connectivity index (χ1n) is 9.93. The molecule has 2 unspecified atom stereocenters. The van der Waals surface area contributed by atoms with Crippen LogP contribution in [0.4, 0.5) is 0 Å². The Morgan fingerprint density at radius 1 is 1.04 bits per heavy atom. The van der Waals surface area contributed by atoms with Crippen molar-refractivity contribution >= 4 is 5.97 Å². The number of ether oxygens (including phenoxy) is 1. The number of benzene rings is 2. The minimum atomic E-state index is -0.659. The minimum Gasteiger partial charge on any atom is -0.453 e. The normalized spacial score (nSPS) is 17.8. The van der Waals surface area contributed by atoms with Crippen molar-refractivity contribution in [3.63, 3.8) is 0 Å². The van der Waals surface area contributed by atoms with Gasteiger partial charge in [0.25, 0.3) is 0 Å². The summed E-state index contributed by atoms with van der Waals surface area (Å²) in [5.74, 6) is 0.214. The Kier molecular flexibility index (Phi) is 5.71. The maximum atomic E-state index is 12.8. The lowest BCUT2D eigenvalue weighted by atomic mass is 9.77. The van der Waals surface area contributed by atoms with Crippen LogP contribution in [0.3, 0.4) is 0 Å². The Morgan fingerprint density at radius 2 is 1.59 bits per heavy atom. The second kappa shape index (κ2) is 7.85. The number of esters is 1. The van der Waals surface area contributed by atoms with Gasteiger partial charge in [-0.15, -0.1) is 0 Å². The predicted octanol–water partition coefficient (Wildman–Crippen LogP) is 4.42. The zero-order chi connectivity index (χ0) is 19.5. The highest BCUT2D eigenvalue weighted by Gasteiger charge is 2.46. The van der Waals surface area contributed by atoms with Crippen molar-refractivity contribution in [3.05, 3.63) is 71.8 Å². The van der Waals surface area contributed by atoms with Crippen LogP contribution in [0.5, 0.6) is 0 Å². The zero-order valence-electron chi connectivity index (χ0n) is 17.0. The van der Waals surface area contributed by atoms with E-state index in [-0.39, 0.29) is 17.8 Å². The van der Waals surface area contributed by atoms with Crippen LogP contribution in [0.25, 0.3) is 0 Å². The second-order valence-electron chi connectivity index (χ2n) is 8.99. The van der Waals surface area contributed by atoms with Crippen molar-refractivity contribution in [3.8, 4) is 0 Å². The number of quaternary nitrogens is 1. The molecule has 2 aromatic rings. The lowest BCUT2D eigenvalue weighted by Gasteiger charge is -2.42. The van der Waals surface area contributed by atoms with Gasteiger partial charge in [0.1, 0.15) is 5.60 Å². The molecule has 0 bridgehead atoms. The van der Waals surface area contributed by atoms with Gasteiger partial charge in [0.15, 0.2) is 0 Å². The summed E-state index contributed by atoms with van der Waals surface area (Å²) in [5, 5.41) is 0. The van der Waals surface area contributed by atoms with Crippen LogP contribution < -0.4 is 0 Å². The van der Waals surface area contributed by atoms with E-state index in [9.17, 15) is 4.79 Å². The fourth-order valence-corrected chi connectivity index (χ4v) is 3.93. The Labute approximate surface area is 163 Å². The average molecular weight is 367 g/mol. The third-order valence-corrected chi connectivity index (χ3v) is 5.38. The van der Waals surface area contributed by atoms with E-state index < -0.39 is 5.60 Å². The molecule has 1 fully saturated rings. The van der Waals surface area contributed by atoms with Gasteiger partial charge in [-0.3, -0.25) is 4.79 Å². The summed E-state index contributed by atoms with van der Waals surface area (Å²) in [6, 6.07) is 20.7. The number of hydrogen-bond donors (Lipinski definition) is 0. The quantitative estimate of drug-likeness (QED) is 0.511. The van der Waals surface area contributed by atoms with E-state index in [2.05, 4.69) is 64.5 Å². The molecule has 3 heteroatoms. The van der Waals surface area contributed by atoms with Gasteiger partial charge in [-0.1, -0.05) is 67.6 Å². The van der Waals surface area contributed by atoms with E-state index in [0.29, 0.717) is 6.42 Å². The summed E-state index contributed by atoms with van der Waals surface area (Å²) in [4.78, 5) is 12.8. The molecule has 27 heavy (non-hydrogen) atoms. The third kappa shape index (κ3) is 4.98. The average Bonchev–Trinajstić information content (AvgIpc) is 3.46. The molecule has 0 radical (unpaired) electrons. The molecule has 0 amide bonds. The van der Waals surface area contributed by atoms with Crippen LogP contribution in [0.1, 0.15) is 30.9 Å². The highest BCUT2D eigenvalue weighted by Crippen LogP contribution is 2.41. The van der Waals surface area contributed by atoms with E-state index in [1.54, 1.807) is 0 Å². The Bertz CT molecular complexity index is 747. The SMILES string of the molecule is CC(C[N+](C)(C)C)C(Cc1ccccc1)(OC(=O)C1CC1)c1ccccc1. The number of rotatable bonds is 8. The van der Waals surface area contributed by atoms with E-state index in [1.807, 2.05) is 24.3 Å². The standard InChI is InChI=1S/C24H32NO2/c1-19(18-25(2,3)4)24(22-13-9-6-10-14-22,27-23(26)21-15-16-21)17-20-11-7-5-8-12-20/h5-14,19,21H,15-18H2,1-4H3/q+1. The molecule has 3 nitrogen and oxygen atoms in total. The molecule has 0 aromatic heterocycles. The summed E-state index contributed by atoms with van der Waals surface area (Å²) in [5.41, 5.74) is 1.62. The van der Waals surface area contributed by atoms with Crippen molar-refractivity contribution in [2.75, 3.05) is 27.7 Å². The molecule has 2 atom stereocenters. The monoisotopic (exact) mass is 366 g/mol. The number of carbonyl (C=O) groups is 1. The van der Waals surface area contributed by atoms with Gasteiger partial charge in [0.2, 0.25) is 0 Å². The molecule has 1 saturated carbocycles. The molecule has 1 aliphatic rings. The first-order valence-corrected chi connectivity index (χ1v) is 9.93. The van der Waals surface area contributed by atoms with Gasteiger partial charge in [-0.2, -0.15) is 0 Å². The minimum absolute atomic E-state index is 0.0388. The van der Waals surface area contributed by atoms with E-state index in [0.717, 1.165) is 29.4 Å². The lowest BCUT2D eigenvalue weighted by molar-refractivity contribution is -0.874. The number of nitrogens with zero attached hydrogens (tertiary/aromatic N) is 1. The summed E-state index contributed by atoms with van der Waals surface area (Å²) in [7, 11) is 6.58. The highest BCUT2D eigenvalue weighted by molar-refractivity contribution is 5.75. The Hall–Kier alpha value is -2.13. The summed E-state index contributed by atoms with van der Waals surface area (Å²) < 4.78 is 7.24. The molecule has 3 rings (SSSR count). The maximum absolute atomic E-state index is 12.8. The van der Waals surface area contributed by atoms with Crippen molar-refractivity contribution in [1.29, 1.82) is 0 Å². The van der Waals surface area contributed by atoms with Crippen LogP contribution in [0.15, 0.2) is 60.7 Å². The summed E-state index contributed by atoms with van der Waals surface area (Å²) >= 11 is 0. The van der Waals surface area contributed by atoms with Crippen molar-refractivity contribution < 1.29 is 14.0 Å². The number of hydrogen-bond acceptors (Lipinski definition) is 2. The van der Waals surface area contributed by atoms with Crippen molar-refractivity contribution in [2.45, 2.75) is 31.8 Å². The van der Waals surface area contributed by atoms with E-state index in [4.69, 9.17) is 4.74 Å². The lowest BCUT2D eigenvalue weighted by Crippen LogP contribution is -2.49. The van der Waals surface area contributed by atoms with Gasteiger partial charge in [-0.05, 0) is 24.0 Å². The molecule has 0 saturated heterocycles. The second-order valence-corrected chi connectivity index (χ2v) is 8.99. The molecule has 0 heterocycles. The fourth-order valence-electron chi connectivity index (χ4n) is 3.93. The molecule has 0 N–H and O–H groups in total. The first kappa shape index (κ1) is 19.6. The van der Waals surface area contributed by atoms with Gasteiger partial charge in [0, 0.05) is 12.3 Å². The molecule has 1 aliphatic carbocycles. The van der Waals surface area contributed by atoms with Crippen LogP contribution in [0, 0.1) is 11.8 Å². The summed E-state index contributed by atoms with van der Waals surface area (Å²) in [6.45, 7) is 3.14. The smallest absolute Gasteiger partial charge is 0.309 e. The largest absolute Gasteiger partial charge is 0.453 e. The zero-order valence-corrected chi connectivity index (χ0v) is 17.0. The van der Waals surface area contributed by atoms with Crippen LogP contribution in [0.2, 0.25) is 0 Å². The Morgan fingerprint density at radius 3 is 2.11 bits per heavy atom. The van der Waals surface area contributed by atoms with E-state index in [1.165, 1.54) is 5.56 Å². The van der Waals surface area contributed by atoms with Crippen LogP contribution >= 0.6 is 0 Å². The maximum Gasteiger partial charge on any atom is 0.309 e. The molecular formula is C24H32NO2+.